The van der Waals surface area contributed by atoms with E-state index in [-0.39, 0.29) is 6.10 Å². The molecule has 1 aromatic carbocycles. The summed E-state index contributed by atoms with van der Waals surface area (Å²) in [4.78, 5) is 2.27. The average molecular weight is 258 g/mol. The van der Waals surface area contributed by atoms with E-state index in [1.54, 1.807) is 17.1 Å². The van der Waals surface area contributed by atoms with Crippen LogP contribution in [0.25, 0.3) is 5.69 Å². The molecule has 5 heteroatoms. The molecule has 1 aliphatic rings. The van der Waals surface area contributed by atoms with Crippen LogP contribution in [-0.4, -0.2) is 39.0 Å². The minimum atomic E-state index is -0.161. The smallest absolute Gasteiger partial charge is 0.0724 e. The molecule has 2 heterocycles. The molecule has 0 saturated carbocycles. The molecule has 0 unspecified atom stereocenters. The van der Waals surface area contributed by atoms with E-state index in [0.29, 0.717) is 5.69 Å². The zero-order valence-electron chi connectivity index (χ0n) is 10.7. The van der Waals surface area contributed by atoms with Gasteiger partial charge in [0.05, 0.1) is 29.9 Å². The number of aliphatic hydroxyl groups excluding tert-OH is 1. The predicted octanol–water partition coefficient (Wildman–Crippen LogP) is 1.02. The van der Waals surface area contributed by atoms with Crippen LogP contribution in [0.1, 0.15) is 12.0 Å². The van der Waals surface area contributed by atoms with Crippen molar-refractivity contribution in [1.29, 1.82) is 0 Å². The maximum atomic E-state index is 9.51. The third-order valence-electron chi connectivity index (χ3n) is 3.46. The van der Waals surface area contributed by atoms with Gasteiger partial charge in [-0.25, -0.2) is 4.68 Å². The number of rotatable bonds is 3. The number of anilines is 1. The molecule has 0 amide bonds. The molecule has 2 aromatic rings. The fourth-order valence-corrected chi connectivity index (χ4v) is 2.45. The fraction of sp³-hybridized carbons (Fsp3) is 0.357. The minimum absolute atomic E-state index is 0.161. The topological polar surface area (TPSA) is 67.3 Å². The Morgan fingerprint density at radius 1 is 1.32 bits per heavy atom. The maximum absolute atomic E-state index is 9.51. The lowest BCUT2D eigenvalue weighted by molar-refractivity contribution is 0.175. The van der Waals surface area contributed by atoms with E-state index >= 15 is 0 Å². The van der Waals surface area contributed by atoms with Gasteiger partial charge in [-0.2, -0.15) is 5.10 Å². The van der Waals surface area contributed by atoms with Crippen LogP contribution in [0.3, 0.4) is 0 Å². The van der Waals surface area contributed by atoms with Crippen molar-refractivity contribution in [1.82, 2.24) is 14.7 Å². The highest BCUT2D eigenvalue weighted by Crippen LogP contribution is 2.15. The van der Waals surface area contributed by atoms with Crippen molar-refractivity contribution in [2.45, 2.75) is 19.1 Å². The molecule has 100 valence electrons. The highest BCUT2D eigenvalue weighted by atomic mass is 16.3. The summed E-state index contributed by atoms with van der Waals surface area (Å²) >= 11 is 0. The van der Waals surface area contributed by atoms with Crippen LogP contribution in [0.5, 0.6) is 0 Å². The first-order valence-electron chi connectivity index (χ1n) is 6.50. The van der Waals surface area contributed by atoms with Gasteiger partial charge in [-0.3, -0.25) is 4.90 Å². The number of benzene rings is 1. The fourth-order valence-electron chi connectivity index (χ4n) is 2.45. The molecule has 19 heavy (non-hydrogen) atoms. The van der Waals surface area contributed by atoms with E-state index in [2.05, 4.69) is 22.1 Å². The molecular formula is C14H18N4O. The molecule has 0 radical (unpaired) electrons. The predicted molar refractivity (Wildman–Crippen MR) is 73.9 cm³/mol. The molecule has 1 aromatic heterocycles. The van der Waals surface area contributed by atoms with Crippen molar-refractivity contribution < 1.29 is 5.11 Å². The summed E-state index contributed by atoms with van der Waals surface area (Å²) in [5.74, 6) is 0. The van der Waals surface area contributed by atoms with Gasteiger partial charge < -0.3 is 10.8 Å². The number of aliphatic hydroxyl groups is 1. The van der Waals surface area contributed by atoms with Crippen molar-refractivity contribution in [3.8, 4) is 5.69 Å². The number of nitrogens with two attached hydrogens (primary N) is 1. The van der Waals surface area contributed by atoms with E-state index < -0.39 is 0 Å². The quantitative estimate of drug-likeness (QED) is 0.862. The summed E-state index contributed by atoms with van der Waals surface area (Å²) < 4.78 is 1.76. The molecule has 5 nitrogen and oxygen atoms in total. The van der Waals surface area contributed by atoms with E-state index in [4.69, 9.17) is 5.73 Å². The van der Waals surface area contributed by atoms with Crippen LogP contribution >= 0.6 is 0 Å². The summed E-state index contributed by atoms with van der Waals surface area (Å²) in [6.45, 7) is 2.63. The molecule has 0 bridgehead atoms. The minimum Gasteiger partial charge on any atom is -0.396 e. The highest BCUT2D eigenvalue weighted by molar-refractivity contribution is 5.39. The molecule has 1 atom stereocenters. The lowest BCUT2D eigenvalue weighted by Crippen LogP contribution is -2.21. The van der Waals surface area contributed by atoms with Gasteiger partial charge in [-0.1, -0.05) is 12.1 Å². The second kappa shape index (κ2) is 5.03. The number of nitrogen functional groups attached to an aromatic ring is 1. The molecule has 0 spiro atoms. The number of hydrogen-bond donors (Lipinski definition) is 2. The zero-order valence-corrected chi connectivity index (χ0v) is 10.7. The van der Waals surface area contributed by atoms with E-state index in [0.717, 1.165) is 31.7 Å². The second-order valence-corrected chi connectivity index (χ2v) is 5.06. The van der Waals surface area contributed by atoms with Crippen LogP contribution < -0.4 is 5.73 Å². The Kier molecular flexibility index (Phi) is 3.23. The van der Waals surface area contributed by atoms with E-state index in [1.165, 1.54) is 5.56 Å². The first-order chi connectivity index (χ1) is 9.20. The number of hydrogen-bond acceptors (Lipinski definition) is 4. The van der Waals surface area contributed by atoms with Gasteiger partial charge in [0.15, 0.2) is 0 Å². The molecule has 1 aliphatic heterocycles. The summed E-state index contributed by atoms with van der Waals surface area (Å²) in [6.07, 6.45) is 4.15. The van der Waals surface area contributed by atoms with Crippen molar-refractivity contribution in [3.63, 3.8) is 0 Å². The van der Waals surface area contributed by atoms with Crippen molar-refractivity contribution in [2.24, 2.45) is 0 Å². The summed E-state index contributed by atoms with van der Waals surface area (Å²) in [5.41, 5.74) is 8.57. The zero-order chi connectivity index (χ0) is 13.2. The Bertz CT molecular complexity index is 549. The third-order valence-corrected chi connectivity index (χ3v) is 3.46. The number of nitrogens with zero attached hydrogens (tertiary/aromatic N) is 3. The second-order valence-electron chi connectivity index (χ2n) is 5.06. The third kappa shape index (κ3) is 2.77. The summed E-state index contributed by atoms with van der Waals surface area (Å²) in [7, 11) is 0. The van der Waals surface area contributed by atoms with Gasteiger partial charge in [-0.05, 0) is 24.1 Å². The molecular weight excluding hydrogens is 240 g/mol. The van der Waals surface area contributed by atoms with Crippen molar-refractivity contribution >= 4 is 5.69 Å². The van der Waals surface area contributed by atoms with Crippen LogP contribution in [0.2, 0.25) is 0 Å². The van der Waals surface area contributed by atoms with E-state index in [9.17, 15) is 5.11 Å². The number of β-amino-alcohol motifs (C(OH)–C–C–N with tert-alkyl or cyclic N) is 1. The van der Waals surface area contributed by atoms with Crippen LogP contribution in [-0.2, 0) is 6.54 Å². The molecule has 1 saturated heterocycles. The van der Waals surface area contributed by atoms with E-state index in [1.807, 2.05) is 12.1 Å². The first kappa shape index (κ1) is 12.2. The van der Waals surface area contributed by atoms with Gasteiger partial charge in [0.25, 0.3) is 0 Å². The standard InChI is InChI=1S/C14H18N4O/c15-12-7-16-18(9-12)13-3-1-11(2-4-13)8-17-6-5-14(19)10-17/h1-4,7,9,14,19H,5-6,8,10,15H2/t14-/m1/s1. The normalized spacial score (nSPS) is 19.9. The lowest BCUT2D eigenvalue weighted by Gasteiger charge is -2.15. The Balaban J connectivity index is 1.69. The Morgan fingerprint density at radius 2 is 2.11 bits per heavy atom. The SMILES string of the molecule is Nc1cnn(-c2ccc(CN3CC[C@@H](O)C3)cc2)c1. The highest BCUT2D eigenvalue weighted by Gasteiger charge is 2.19. The van der Waals surface area contributed by atoms with Gasteiger partial charge in [-0.15, -0.1) is 0 Å². The average Bonchev–Trinajstić information content (AvgIpc) is 3.00. The van der Waals surface area contributed by atoms with Gasteiger partial charge >= 0.3 is 0 Å². The van der Waals surface area contributed by atoms with Crippen LogP contribution in [0.15, 0.2) is 36.7 Å². The molecule has 3 rings (SSSR count). The molecule has 0 aliphatic carbocycles. The Morgan fingerprint density at radius 3 is 2.68 bits per heavy atom. The molecule has 1 fully saturated rings. The summed E-state index contributed by atoms with van der Waals surface area (Å²) in [6, 6.07) is 8.26. The van der Waals surface area contributed by atoms with Crippen LogP contribution in [0.4, 0.5) is 5.69 Å². The lowest BCUT2D eigenvalue weighted by atomic mass is 10.2. The summed E-state index contributed by atoms with van der Waals surface area (Å²) in [5, 5.41) is 13.7. The van der Waals surface area contributed by atoms with Gasteiger partial charge in [0.1, 0.15) is 0 Å². The Hall–Kier alpha value is -1.85. The van der Waals surface area contributed by atoms with Crippen molar-refractivity contribution in [2.75, 3.05) is 18.8 Å². The molecule has 3 N–H and O–H groups in total. The largest absolute Gasteiger partial charge is 0.396 e. The van der Waals surface area contributed by atoms with Crippen molar-refractivity contribution in [3.05, 3.63) is 42.2 Å². The maximum Gasteiger partial charge on any atom is 0.0724 e. The first-order valence-corrected chi connectivity index (χ1v) is 6.50. The van der Waals surface area contributed by atoms with Crippen LogP contribution in [0, 0.1) is 0 Å². The van der Waals surface area contributed by atoms with Gasteiger partial charge in [0, 0.05) is 19.6 Å². The number of likely N-dealkylation sites (tertiary alicyclic amines) is 1. The Labute approximate surface area is 112 Å². The monoisotopic (exact) mass is 258 g/mol. The van der Waals surface area contributed by atoms with Gasteiger partial charge in [0.2, 0.25) is 0 Å². The number of aromatic nitrogens is 2.